The van der Waals surface area contributed by atoms with Crippen LogP contribution in [0.15, 0.2) is 0 Å². The van der Waals surface area contributed by atoms with E-state index in [4.69, 9.17) is 18.9 Å². The van der Waals surface area contributed by atoms with Gasteiger partial charge in [0.2, 0.25) is 11.9 Å². The third kappa shape index (κ3) is 1.28. The first kappa shape index (κ1) is 17.6. The maximum Gasteiger partial charge on any atom is 0.342 e. The molecule has 4 aliphatic heterocycles. The van der Waals surface area contributed by atoms with E-state index in [2.05, 4.69) is 0 Å². The van der Waals surface area contributed by atoms with Crippen LogP contribution in [0.25, 0.3) is 0 Å². The van der Waals surface area contributed by atoms with Gasteiger partial charge in [-0.05, 0) is 24.2 Å². The standard InChI is InChI=1S/C20H26O8/c1-8-7-25-11-6-17-10-5-9(16(2,3)4)18(17)12(21)13(22)27-15(18)28-20(17,14(23)26-10)19(8,11)24/h8-12,15,21,24H,5-7H2,1-4H3/t8-,9?,10?,11?,12+,15?,17?,18?,19-,20-/m1/s1. The molecule has 6 rings (SSSR count). The molecule has 4 saturated heterocycles. The predicted octanol–water partition coefficient (Wildman–Crippen LogP) is 0.133. The average Bonchev–Trinajstić information content (AvgIpc) is 3.31. The van der Waals surface area contributed by atoms with Gasteiger partial charge in [-0.1, -0.05) is 27.7 Å². The van der Waals surface area contributed by atoms with Crippen LogP contribution in [0.3, 0.4) is 0 Å². The summed E-state index contributed by atoms with van der Waals surface area (Å²) >= 11 is 0. The molecular weight excluding hydrogens is 368 g/mol. The van der Waals surface area contributed by atoms with Gasteiger partial charge in [-0.15, -0.1) is 0 Å². The van der Waals surface area contributed by atoms with Gasteiger partial charge in [0.05, 0.1) is 23.5 Å². The smallest absolute Gasteiger partial charge is 0.342 e. The number of aliphatic hydroxyl groups is 2. The zero-order valence-electron chi connectivity index (χ0n) is 16.4. The number of fused-ring (bicyclic) bond motifs is 1. The van der Waals surface area contributed by atoms with E-state index < -0.39 is 58.6 Å². The molecule has 6 unspecified atom stereocenters. The van der Waals surface area contributed by atoms with Gasteiger partial charge in [0.15, 0.2) is 6.10 Å². The maximum absolute atomic E-state index is 13.3. The monoisotopic (exact) mass is 394 g/mol. The number of carbonyl (C=O) groups excluding carboxylic acids is 2. The minimum Gasteiger partial charge on any atom is -0.459 e. The van der Waals surface area contributed by atoms with E-state index in [0.717, 1.165) is 0 Å². The lowest BCUT2D eigenvalue weighted by Crippen LogP contribution is -2.66. The molecule has 8 nitrogen and oxygen atoms in total. The van der Waals surface area contributed by atoms with E-state index >= 15 is 0 Å². The first-order valence-electron chi connectivity index (χ1n) is 10.1. The zero-order valence-corrected chi connectivity index (χ0v) is 16.4. The lowest BCUT2D eigenvalue weighted by Gasteiger charge is -2.46. The van der Waals surface area contributed by atoms with E-state index in [9.17, 15) is 19.8 Å². The molecule has 0 aromatic heterocycles. The van der Waals surface area contributed by atoms with Crippen LogP contribution < -0.4 is 0 Å². The molecule has 8 heteroatoms. The summed E-state index contributed by atoms with van der Waals surface area (Å²) in [6.45, 7) is 8.27. The second-order valence-corrected chi connectivity index (χ2v) is 10.7. The molecule has 6 aliphatic rings. The lowest BCUT2D eigenvalue weighted by molar-refractivity contribution is -0.238. The number of aliphatic hydroxyl groups excluding tert-OH is 1. The molecule has 4 heterocycles. The van der Waals surface area contributed by atoms with E-state index in [1.165, 1.54) is 0 Å². The summed E-state index contributed by atoms with van der Waals surface area (Å²) in [5, 5.41) is 23.1. The number of carbonyl (C=O) groups is 2. The van der Waals surface area contributed by atoms with Crippen LogP contribution in [0, 0.1) is 28.1 Å². The number of hydrogen-bond acceptors (Lipinski definition) is 8. The minimum absolute atomic E-state index is 0.204. The number of esters is 2. The van der Waals surface area contributed by atoms with E-state index in [0.29, 0.717) is 19.4 Å². The summed E-state index contributed by atoms with van der Waals surface area (Å²) < 4.78 is 23.6. The molecular formula is C20H26O8. The number of hydrogen-bond donors (Lipinski definition) is 2. The lowest BCUT2D eigenvalue weighted by atomic mass is 9.51. The molecule has 28 heavy (non-hydrogen) atoms. The van der Waals surface area contributed by atoms with Crippen molar-refractivity contribution in [2.45, 2.75) is 76.3 Å². The molecule has 2 N–H and O–H groups in total. The Kier molecular flexibility index (Phi) is 2.79. The van der Waals surface area contributed by atoms with Crippen molar-refractivity contribution < 1.29 is 38.7 Å². The van der Waals surface area contributed by atoms with Crippen LogP contribution in [0.1, 0.15) is 40.5 Å². The quantitative estimate of drug-likeness (QED) is 0.558. The fourth-order valence-corrected chi connectivity index (χ4v) is 8.16. The highest BCUT2D eigenvalue weighted by atomic mass is 16.8. The zero-order chi connectivity index (χ0) is 20.1. The molecule has 2 aliphatic carbocycles. The fraction of sp³-hybridized carbons (Fsp3) is 0.900. The van der Waals surface area contributed by atoms with Gasteiger partial charge < -0.3 is 29.2 Å². The maximum atomic E-state index is 13.3. The third-order valence-corrected chi connectivity index (χ3v) is 8.99. The van der Waals surface area contributed by atoms with Crippen LogP contribution in [-0.2, 0) is 28.5 Å². The normalized spacial score (nSPS) is 61.1. The van der Waals surface area contributed by atoms with Gasteiger partial charge in [-0.25, -0.2) is 9.59 Å². The van der Waals surface area contributed by atoms with Gasteiger partial charge in [-0.2, -0.15) is 0 Å². The van der Waals surface area contributed by atoms with Crippen LogP contribution in [-0.4, -0.2) is 64.6 Å². The van der Waals surface area contributed by atoms with Crippen molar-refractivity contribution >= 4 is 11.9 Å². The SMILES string of the molecule is C[C@@H]1COC2CC34C5CC(C(C)(C)C)C36C(OC(=O)[C@@H]6O)O[C@@]4(C(=O)O5)[C@]21O. The summed E-state index contributed by atoms with van der Waals surface area (Å²) in [4.78, 5) is 25.8. The van der Waals surface area contributed by atoms with Crippen molar-refractivity contribution in [3.05, 3.63) is 0 Å². The van der Waals surface area contributed by atoms with E-state index in [-0.39, 0.29) is 17.3 Å². The predicted molar refractivity (Wildman–Crippen MR) is 90.5 cm³/mol. The molecule has 2 saturated carbocycles. The number of ether oxygens (including phenoxy) is 4. The van der Waals surface area contributed by atoms with Crippen LogP contribution in [0.4, 0.5) is 0 Å². The molecule has 154 valence electrons. The Morgan fingerprint density at radius 1 is 1.14 bits per heavy atom. The second-order valence-electron chi connectivity index (χ2n) is 10.7. The number of rotatable bonds is 0. The molecule has 0 radical (unpaired) electrons. The first-order valence-corrected chi connectivity index (χ1v) is 10.1. The van der Waals surface area contributed by atoms with E-state index in [1.807, 2.05) is 27.7 Å². The highest BCUT2D eigenvalue weighted by molar-refractivity contribution is 5.90. The van der Waals surface area contributed by atoms with Crippen molar-refractivity contribution in [1.29, 1.82) is 0 Å². The van der Waals surface area contributed by atoms with Crippen molar-refractivity contribution in [3.63, 3.8) is 0 Å². The van der Waals surface area contributed by atoms with Gasteiger partial charge in [0, 0.05) is 5.92 Å². The van der Waals surface area contributed by atoms with Crippen molar-refractivity contribution in [3.8, 4) is 0 Å². The Balaban J connectivity index is 1.69. The summed E-state index contributed by atoms with van der Waals surface area (Å²) in [5.41, 5.74) is -5.83. The molecule has 10 atom stereocenters. The largest absolute Gasteiger partial charge is 0.459 e. The van der Waals surface area contributed by atoms with Crippen molar-refractivity contribution in [2.24, 2.45) is 28.1 Å². The Labute approximate surface area is 162 Å². The second kappa shape index (κ2) is 4.43. The highest BCUT2D eigenvalue weighted by Gasteiger charge is 3.00. The molecule has 0 aromatic rings. The summed E-state index contributed by atoms with van der Waals surface area (Å²) in [5.74, 6) is -1.92. The molecule has 0 amide bonds. The van der Waals surface area contributed by atoms with Crippen LogP contribution in [0.5, 0.6) is 0 Å². The molecule has 0 aromatic carbocycles. The third-order valence-electron chi connectivity index (χ3n) is 8.99. The molecule has 0 bridgehead atoms. The van der Waals surface area contributed by atoms with Crippen molar-refractivity contribution in [2.75, 3.05) is 6.61 Å². The molecule has 6 fully saturated rings. The Bertz CT molecular complexity index is 820. The van der Waals surface area contributed by atoms with Gasteiger partial charge in [0.1, 0.15) is 11.7 Å². The highest BCUT2D eigenvalue weighted by Crippen LogP contribution is 2.84. The van der Waals surface area contributed by atoms with Crippen molar-refractivity contribution in [1.82, 2.24) is 0 Å². The van der Waals surface area contributed by atoms with Crippen LogP contribution >= 0.6 is 0 Å². The van der Waals surface area contributed by atoms with Crippen LogP contribution in [0.2, 0.25) is 0 Å². The topological polar surface area (TPSA) is 112 Å². The Hall–Kier alpha value is -1.22. The Morgan fingerprint density at radius 2 is 1.86 bits per heavy atom. The van der Waals surface area contributed by atoms with Gasteiger partial charge in [-0.3, -0.25) is 0 Å². The molecule has 2 spiro atoms. The first-order chi connectivity index (χ1) is 13.0. The average molecular weight is 394 g/mol. The van der Waals surface area contributed by atoms with Gasteiger partial charge in [0.25, 0.3) is 0 Å². The summed E-state index contributed by atoms with van der Waals surface area (Å²) in [6.07, 6.45) is -2.93. The Morgan fingerprint density at radius 3 is 2.54 bits per heavy atom. The minimum atomic E-state index is -1.70. The summed E-state index contributed by atoms with van der Waals surface area (Å²) in [6, 6.07) is 0. The fourth-order valence-electron chi connectivity index (χ4n) is 8.16. The summed E-state index contributed by atoms with van der Waals surface area (Å²) in [7, 11) is 0. The van der Waals surface area contributed by atoms with E-state index in [1.54, 1.807) is 0 Å². The van der Waals surface area contributed by atoms with Gasteiger partial charge >= 0.3 is 11.9 Å².